The van der Waals surface area contributed by atoms with Crippen molar-refractivity contribution in [1.29, 1.82) is 5.41 Å². The SMILES string of the molecule is Bc1ccc(CN(C)CCn2c(=N)n(CC(=O)c3ccc(CI)cc3)c3ccccc32)cc1. The van der Waals surface area contributed by atoms with E-state index in [1.807, 2.05) is 57.7 Å². The molecule has 4 aromatic rings. The van der Waals surface area contributed by atoms with Gasteiger partial charge in [0.05, 0.1) is 17.6 Å². The highest BCUT2D eigenvalue weighted by atomic mass is 127. The number of halogens is 1. The van der Waals surface area contributed by atoms with E-state index >= 15 is 0 Å². The molecule has 168 valence electrons. The van der Waals surface area contributed by atoms with Gasteiger partial charge in [-0.25, -0.2) is 0 Å². The number of carbonyl (C=O) groups excluding carboxylic acids is 1. The molecular weight excluding hydrogens is 522 g/mol. The van der Waals surface area contributed by atoms with Crippen LogP contribution in [0.25, 0.3) is 11.0 Å². The average Bonchev–Trinajstić information content (AvgIpc) is 3.10. The summed E-state index contributed by atoms with van der Waals surface area (Å²) in [5, 5.41) is 8.84. The van der Waals surface area contributed by atoms with E-state index in [0.29, 0.717) is 17.7 Å². The second-order valence-corrected chi connectivity index (χ2v) is 9.29. The lowest BCUT2D eigenvalue weighted by atomic mass is 9.95. The number of carbonyl (C=O) groups is 1. The number of rotatable bonds is 9. The van der Waals surface area contributed by atoms with Crippen molar-refractivity contribution < 1.29 is 4.79 Å². The minimum atomic E-state index is 0.0212. The minimum Gasteiger partial charge on any atom is -0.309 e. The van der Waals surface area contributed by atoms with Crippen LogP contribution < -0.4 is 11.1 Å². The number of hydrogen-bond acceptors (Lipinski definition) is 3. The van der Waals surface area contributed by atoms with Gasteiger partial charge in [0.1, 0.15) is 7.85 Å². The third-order valence-corrected chi connectivity index (χ3v) is 6.87. The molecule has 1 heterocycles. The largest absolute Gasteiger partial charge is 0.309 e. The Morgan fingerprint density at radius 1 is 0.939 bits per heavy atom. The Kier molecular flexibility index (Phi) is 7.50. The van der Waals surface area contributed by atoms with E-state index in [1.165, 1.54) is 16.6 Å². The van der Waals surface area contributed by atoms with Crippen LogP contribution in [-0.4, -0.2) is 41.3 Å². The van der Waals surface area contributed by atoms with Gasteiger partial charge >= 0.3 is 0 Å². The molecule has 0 radical (unpaired) electrons. The molecule has 0 fully saturated rings. The van der Waals surface area contributed by atoms with E-state index in [4.69, 9.17) is 5.41 Å². The highest BCUT2D eigenvalue weighted by Crippen LogP contribution is 2.15. The molecular formula is C26H28BIN4O. The van der Waals surface area contributed by atoms with Crippen LogP contribution >= 0.6 is 22.6 Å². The van der Waals surface area contributed by atoms with Crippen LogP contribution in [0.4, 0.5) is 0 Å². The van der Waals surface area contributed by atoms with Crippen molar-refractivity contribution in [3.05, 3.63) is 95.1 Å². The number of para-hydroxylation sites is 2. The summed E-state index contributed by atoms with van der Waals surface area (Å²) in [7, 11) is 4.20. The van der Waals surface area contributed by atoms with Gasteiger partial charge in [-0.15, -0.1) is 0 Å². The topological polar surface area (TPSA) is 54.0 Å². The van der Waals surface area contributed by atoms with Gasteiger partial charge in [-0.3, -0.25) is 10.2 Å². The fourth-order valence-corrected chi connectivity index (χ4v) is 4.56. The van der Waals surface area contributed by atoms with E-state index in [0.717, 1.165) is 28.6 Å². The van der Waals surface area contributed by atoms with Crippen LogP contribution in [0.1, 0.15) is 21.5 Å². The number of Topliss-reactive ketones (excluding diaryl/α,β-unsaturated/α-hetero) is 1. The number of fused-ring (bicyclic) bond motifs is 1. The molecule has 0 aliphatic carbocycles. The molecule has 0 unspecified atom stereocenters. The smallest absolute Gasteiger partial charge is 0.203 e. The van der Waals surface area contributed by atoms with Crippen LogP contribution in [0.5, 0.6) is 0 Å². The predicted molar refractivity (Wildman–Crippen MR) is 145 cm³/mol. The zero-order valence-corrected chi connectivity index (χ0v) is 21.2. The van der Waals surface area contributed by atoms with Gasteiger partial charge in [-0.2, -0.15) is 0 Å². The normalized spacial score (nSPS) is 11.4. The first kappa shape index (κ1) is 23.5. The van der Waals surface area contributed by atoms with Gasteiger partial charge in [0.2, 0.25) is 5.62 Å². The summed E-state index contributed by atoms with van der Waals surface area (Å²) >= 11 is 2.32. The van der Waals surface area contributed by atoms with Crippen molar-refractivity contribution in [3.63, 3.8) is 0 Å². The standard InChI is InChI=1S/C26H28BIN4O/c1-30(17-20-8-12-22(27)13-9-20)14-15-31-23-4-2-3-5-24(23)32(26(31)29)18-25(33)21-10-6-19(16-28)7-11-21/h2-13,29H,14-18,27H2,1H3. The van der Waals surface area contributed by atoms with Gasteiger partial charge in [0.25, 0.3) is 0 Å². The van der Waals surface area contributed by atoms with E-state index in [-0.39, 0.29) is 12.3 Å². The van der Waals surface area contributed by atoms with E-state index < -0.39 is 0 Å². The van der Waals surface area contributed by atoms with Crippen LogP contribution in [0, 0.1) is 5.41 Å². The fourth-order valence-electron chi connectivity index (χ4n) is 4.05. The maximum absolute atomic E-state index is 13.0. The fraction of sp³-hybridized carbons (Fsp3) is 0.231. The summed E-state index contributed by atoms with van der Waals surface area (Å²) in [5.41, 5.74) is 6.69. The van der Waals surface area contributed by atoms with Gasteiger partial charge in [0.15, 0.2) is 5.78 Å². The number of nitrogens with zero attached hydrogens (tertiary/aromatic N) is 3. The number of imidazole rings is 1. The number of hydrogen-bond donors (Lipinski definition) is 1. The maximum Gasteiger partial charge on any atom is 0.203 e. The molecule has 1 aromatic heterocycles. The molecule has 7 heteroatoms. The molecule has 0 bridgehead atoms. The highest BCUT2D eigenvalue weighted by molar-refractivity contribution is 14.1. The lowest BCUT2D eigenvalue weighted by Crippen LogP contribution is -2.31. The third kappa shape index (κ3) is 5.47. The van der Waals surface area contributed by atoms with Crippen LogP contribution in [0.3, 0.4) is 0 Å². The summed E-state index contributed by atoms with van der Waals surface area (Å²) in [6, 6.07) is 24.4. The lowest BCUT2D eigenvalue weighted by Gasteiger charge is -2.17. The Hall–Kier alpha value is -2.65. The molecule has 1 N–H and O–H groups in total. The first-order chi connectivity index (χ1) is 16.0. The van der Waals surface area contributed by atoms with Crippen molar-refractivity contribution in [1.82, 2.24) is 14.0 Å². The molecule has 33 heavy (non-hydrogen) atoms. The van der Waals surface area contributed by atoms with Gasteiger partial charge in [0, 0.05) is 29.6 Å². The summed E-state index contributed by atoms with van der Waals surface area (Å²) < 4.78 is 4.75. The van der Waals surface area contributed by atoms with E-state index in [1.54, 1.807) is 0 Å². The lowest BCUT2D eigenvalue weighted by molar-refractivity contribution is 0.0971. The average molecular weight is 550 g/mol. The van der Waals surface area contributed by atoms with Crippen molar-refractivity contribution in [2.45, 2.75) is 24.1 Å². The number of alkyl halides is 1. The number of benzene rings is 3. The Morgan fingerprint density at radius 2 is 1.55 bits per heavy atom. The third-order valence-electron chi connectivity index (χ3n) is 5.99. The molecule has 0 atom stereocenters. The molecule has 0 amide bonds. The molecule has 3 aromatic carbocycles. The molecule has 0 saturated heterocycles. The maximum atomic E-state index is 13.0. The molecule has 5 nitrogen and oxygen atoms in total. The summed E-state index contributed by atoms with van der Waals surface area (Å²) in [6.45, 7) is 2.52. The van der Waals surface area contributed by atoms with Crippen LogP contribution in [-0.2, 0) is 24.1 Å². The quantitative estimate of drug-likeness (QED) is 0.151. The zero-order chi connectivity index (χ0) is 23.4. The Balaban J connectivity index is 1.53. The van der Waals surface area contributed by atoms with Crippen LogP contribution in [0.2, 0.25) is 0 Å². The molecule has 0 saturated carbocycles. The van der Waals surface area contributed by atoms with Gasteiger partial charge in [-0.1, -0.05) is 88.7 Å². The van der Waals surface area contributed by atoms with Crippen molar-refractivity contribution in [2.75, 3.05) is 13.6 Å². The molecule has 0 spiro atoms. The van der Waals surface area contributed by atoms with Crippen molar-refractivity contribution >= 4 is 52.7 Å². The Bertz CT molecular complexity index is 1310. The Morgan fingerprint density at radius 3 is 2.18 bits per heavy atom. The number of aromatic nitrogens is 2. The Labute approximate surface area is 209 Å². The van der Waals surface area contributed by atoms with Crippen LogP contribution in [0.15, 0.2) is 72.8 Å². The van der Waals surface area contributed by atoms with Gasteiger partial charge < -0.3 is 14.0 Å². The first-order valence-corrected chi connectivity index (χ1v) is 12.6. The zero-order valence-electron chi connectivity index (χ0n) is 19.1. The second kappa shape index (κ2) is 10.5. The van der Waals surface area contributed by atoms with E-state index in [2.05, 4.69) is 66.7 Å². The molecule has 0 aliphatic rings. The summed E-state index contributed by atoms with van der Waals surface area (Å²) in [5.74, 6) is 0.0212. The summed E-state index contributed by atoms with van der Waals surface area (Å²) in [4.78, 5) is 15.3. The molecule has 4 rings (SSSR count). The molecule has 0 aliphatic heterocycles. The predicted octanol–water partition coefficient (Wildman–Crippen LogP) is 3.13. The van der Waals surface area contributed by atoms with Crippen molar-refractivity contribution in [3.8, 4) is 0 Å². The van der Waals surface area contributed by atoms with E-state index in [9.17, 15) is 4.79 Å². The first-order valence-electron chi connectivity index (χ1n) is 11.1. The van der Waals surface area contributed by atoms with Crippen molar-refractivity contribution in [2.24, 2.45) is 0 Å². The highest BCUT2D eigenvalue weighted by Gasteiger charge is 2.15. The number of ketones is 1. The number of likely N-dealkylation sites (N-methyl/N-ethyl adjacent to an activating group) is 1. The summed E-state index contributed by atoms with van der Waals surface area (Å²) in [6.07, 6.45) is 0. The van der Waals surface area contributed by atoms with Gasteiger partial charge in [-0.05, 0) is 30.3 Å². The second-order valence-electron chi connectivity index (χ2n) is 8.53. The number of nitrogens with one attached hydrogen (secondary N) is 1. The monoisotopic (exact) mass is 550 g/mol. The minimum absolute atomic E-state index is 0.0212.